The summed E-state index contributed by atoms with van der Waals surface area (Å²) in [5.41, 5.74) is 2.01. The molecule has 4 rings (SSSR count). The van der Waals surface area contributed by atoms with Crippen molar-refractivity contribution in [2.45, 2.75) is 17.7 Å². The van der Waals surface area contributed by atoms with Gasteiger partial charge in [0.1, 0.15) is 5.82 Å². The van der Waals surface area contributed by atoms with Gasteiger partial charge in [-0.2, -0.15) is 0 Å². The topological polar surface area (TPSA) is 66.5 Å². The fourth-order valence-electron chi connectivity index (χ4n) is 3.45. The van der Waals surface area contributed by atoms with Gasteiger partial charge in [0.25, 0.3) is 15.9 Å². The molecule has 0 aliphatic carbocycles. The number of sulfonamides is 1. The predicted molar refractivity (Wildman–Crippen MR) is 115 cm³/mol. The Balaban J connectivity index is 1.67. The van der Waals surface area contributed by atoms with Crippen molar-refractivity contribution in [2.24, 2.45) is 0 Å². The van der Waals surface area contributed by atoms with Gasteiger partial charge < -0.3 is 5.32 Å². The highest BCUT2D eigenvalue weighted by Crippen LogP contribution is 2.33. The number of carbonyl (C=O) groups is 1. The Labute approximate surface area is 179 Å². The molecule has 5 nitrogen and oxygen atoms in total. The number of fused-ring (bicyclic) bond motifs is 1. The lowest BCUT2D eigenvalue weighted by Gasteiger charge is -2.30. The first-order valence-electron chi connectivity index (χ1n) is 9.33. The van der Waals surface area contributed by atoms with Crippen LogP contribution in [-0.4, -0.2) is 20.9 Å². The molecule has 0 saturated carbocycles. The van der Waals surface area contributed by atoms with Crippen LogP contribution in [0.5, 0.6) is 0 Å². The molecule has 1 aliphatic heterocycles. The average Bonchev–Trinajstić information content (AvgIpc) is 2.75. The second-order valence-corrected chi connectivity index (χ2v) is 9.18. The van der Waals surface area contributed by atoms with Crippen LogP contribution in [0.4, 0.5) is 15.8 Å². The maximum absolute atomic E-state index is 13.3. The first-order chi connectivity index (χ1) is 14.4. The molecule has 1 N–H and O–H groups in total. The quantitative estimate of drug-likeness (QED) is 0.624. The summed E-state index contributed by atoms with van der Waals surface area (Å²) in [6.07, 6.45) is 1.52. The number of hydrogen-bond donors (Lipinski definition) is 1. The summed E-state index contributed by atoms with van der Waals surface area (Å²) in [6.45, 7) is 0.360. The van der Waals surface area contributed by atoms with Gasteiger partial charge in [-0.1, -0.05) is 29.8 Å². The number of aryl methyl sites for hydroxylation is 1. The lowest BCUT2D eigenvalue weighted by Crippen LogP contribution is -2.35. The zero-order valence-corrected chi connectivity index (χ0v) is 17.4. The van der Waals surface area contributed by atoms with Gasteiger partial charge in [0.2, 0.25) is 0 Å². The number of benzene rings is 3. The largest absolute Gasteiger partial charge is 0.322 e. The summed E-state index contributed by atoms with van der Waals surface area (Å²) >= 11 is 6.17. The fourth-order valence-corrected chi connectivity index (χ4v) is 5.22. The molecule has 0 spiro atoms. The Morgan fingerprint density at radius 2 is 1.77 bits per heavy atom. The highest BCUT2D eigenvalue weighted by atomic mass is 35.5. The lowest BCUT2D eigenvalue weighted by molar-refractivity contribution is 0.102. The molecule has 0 fully saturated rings. The molecular formula is C22H18ClFN2O3S. The normalized spacial score (nSPS) is 13.6. The van der Waals surface area contributed by atoms with Crippen LogP contribution >= 0.6 is 11.6 Å². The zero-order valence-electron chi connectivity index (χ0n) is 15.8. The molecule has 8 heteroatoms. The van der Waals surface area contributed by atoms with E-state index in [0.29, 0.717) is 24.3 Å². The molecule has 0 bridgehead atoms. The monoisotopic (exact) mass is 444 g/mol. The molecule has 3 aromatic rings. The lowest BCUT2D eigenvalue weighted by atomic mass is 10.0. The molecule has 0 saturated heterocycles. The summed E-state index contributed by atoms with van der Waals surface area (Å²) in [7, 11) is -3.88. The van der Waals surface area contributed by atoms with E-state index in [1.165, 1.54) is 46.8 Å². The minimum absolute atomic E-state index is 0.0205. The summed E-state index contributed by atoms with van der Waals surface area (Å²) in [5, 5.41) is 2.72. The minimum Gasteiger partial charge on any atom is -0.322 e. The van der Waals surface area contributed by atoms with E-state index < -0.39 is 21.7 Å². The van der Waals surface area contributed by atoms with Crippen molar-refractivity contribution in [2.75, 3.05) is 16.2 Å². The molecule has 3 aromatic carbocycles. The van der Waals surface area contributed by atoms with Crippen LogP contribution in [0, 0.1) is 5.82 Å². The average molecular weight is 445 g/mol. The first-order valence-corrected chi connectivity index (χ1v) is 11.2. The smallest absolute Gasteiger partial charge is 0.264 e. The first kappa shape index (κ1) is 20.4. The van der Waals surface area contributed by atoms with E-state index in [1.54, 1.807) is 12.1 Å². The van der Waals surface area contributed by atoms with Crippen molar-refractivity contribution >= 4 is 38.9 Å². The molecule has 1 amide bonds. The molecule has 30 heavy (non-hydrogen) atoms. The number of carbonyl (C=O) groups excluding carboxylic acids is 1. The molecule has 0 aromatic heterocycles. The van der Waals surface area contributed by atoms with Gasteiger partial charge in [0.15, 0.2) is 0 Å². The van der Waals surface area contributed by atoms with Crippen molar-refractivity contribution < 1.29 is 17.6 Å². The summed E-state index contributed by atoms with van der Waals surface area (Å²) in [6, 6.07) is 16.7. The number of anilines is 2. The van der Waals surface area contributed by atoms with E-state index in [1.807, 2.05) is 12.1 Å². The van der Waals surface area contributed by atoms with Crippen LogP contribution in [0.1, 0.15) is 22.3 Å². The van der Waals surface area contributed by atoms with Gasteiger partial charge in [-0.3, -0.25) is 9.10 Å². The molecule has 0 radical (unpaired) electrons. The molecule has 154 valence electrons. The van der Waals surface area contributed by atoms with Crippen LogP contribution in [0.15, 0.2) is 71.6 Å². The Morgan fingerprint density at radius 3 is 2.53 bits per heavy atom. The number of halogens is 2. The number of para-hydroxylation sites is 1. The van der Waals surface area contributed by atoms with Crippen molar-refractivity contribution in [1.29, 1.82) is 0 Å². The Morgan fingerprint density at radius 1 is 1.03 bits per heavy atom. The maximum Gasteiger partial charge on any atom is 0.264 e. The van der Waals surface area contributed by atoms with Crippen molar-refractivity contribution in [3.05, 3.63) is 88.7 Å². The van der Waals surface area contributed by atoms with Crippen molar-refractivity contribution in [1.82, 2.24) is 0 Å². The third-order valence-corrected chi connectivity index (χ3v) is 7.08. The fraction of sp³-hybridized carbons (Fsp3) is 0.136. The van der Waals surface area contributed by atoms with Crippen LogP contribution in [-0.2, 0) is 16.4 Å². The van der Waals surface area contributed by atoms with Gasteiger partial charge in [0.05, 0.1) is 21.2 Å². The zero-order chi connectivity index (χ0) is 21.3. The van der Waals surface area contributed by atoms with E-state index >= 15 is 0 Å². The molecular weight excluding hydrogens is 427 g/mol. The predicted octanol–water partition coefficient (Wildman–Crippen LogP) is 4.87. The van der Waals surface area contributed by atoms with E-state index in [9.17, 15) is 17.6 Å². The number of hydrogen-bond acceptors (Lipinski definition) is 3. The third kappa shape index (κ3) is 3.91. The molecule has 1 aliphatic rings. The van der Waals surface area contributed by atoms with Gasteiger partial charge >= 0.3 is 0 Å². The Bertz CT molecular complexity index is 1210. The SMILES string of the molecule is O=C(Nc1ccc(F)cc1)c1cc(S(=O)(=O)N2CCCc3ccccc32)ccc1Cl. The number of amides is 1. The van der Waals surface area contributed by atoms with Crippen LogP contribution in [0.3, 0.4) is 0 Å². The maximum atomic E-state index is 13.3. The molecule has 0 atom stereocenters. The minimum atomic E-state index is -3.88. The van der Waals surface area contributed by atoms with Crippen LogP contribution in [0.2, 0.25) is 5.02 Å². The van der Waals surface area contributed by atoms with Gasteiger partial charge in [-0.15, -0.1) is 0 Å². The third-order valence-electron chi connectivity index (χ3n) is 4.94. The van der Waals surface area contributed by atoms with Crippen LogP contribution in [0.25, 0.3) is 0 Å². The summed E-state index contributed by atoms with van der Waals surface area (Å²) in [4.78, 5) is 12.7. The van der Waals surface area contributed by atoms with E-state index in [4.69, 9.17) is 11.6 Å². The summed E-state index contributed by atoms with van der Waals surface area (Å²) in [5.74, 6) is -1.01. The van der Waals surface area contributed by atoms with Gasteiger partial charge in [-0.25, -0.2) is 12.8 Å². The van der Waals surface area contributed by atoms with Crippen LogP contribution < -0.4 is 9.62 Å². The number of nitrogens with zero attached hydrogens (tertiary/aromatic N) is 1. The van der Waals surface area contributed by atoms with Gasteiger partial charge in [-0.05, 0) is 66.9 Å². The molecule has 0 unspecified atom stereocenters. The summed E-state index contributed by atoms with van der Waals surface area (Å²) < 4.78 is 41.1. The van der Waals surface area contributed by atoms with Crippen molar-refractivity contribution in [3.63, 3.8) is 0 Å². The Hall–Kier alpha value is -2.90. The second kappa shape index (κ2) is 8.08. The van der Waals surface area contributed by atoms with Gasteiger partial charge in [0, 0.05) is 12.2 Å². The Kier molecular flexibility index (Phi) is 5.49. The van der Waals surface area contributed by atoms with E-state index in [-0.39, 0.29) is 15.5 Å². The van der Waals surface area contributed by atoms with E-state index in [2.05, 4.69) is 5.32 Å². The highest BCUT2D eigenvalue weighted by molar-refractivity contribution is 7.92. The number of rotatable bonds is 4. The number of nitrogens with one attached hydrogen (secondary N) is 1. The second-order valence-electron chi connectivity index (χ2n) is 6.91. The van der Waals surface area contributed by atoms with E-state index in [0.717, 1.165) is 12.0 Å². The molecule has 1 heterocycles. The standard InChI is InChI=1S/C22H18ClFN2O3S/c23-20-12-11-18(14-19(20)22(27)25-17-9-7-16(24)8-10-17)30(28,29)26-13-3-5-15-4-1-2-6-21(15)26/h1-2,4,6-12,14H,3,5,13H2,(H,25,27). The van der Waals surface area contributed by atoms with Crippen molar-refractivity contribution in [3.8, 4) is 0 Å². The highest BCUT2D eigenvalue weighted by Gasteiger charge is 2.30.